The summed E-state index contributed by atoms with van der Waals surface area (Å²) in [4.78, 5) is 11.8. The molecule has 0 aromatic heterocycles. The number of urea groups is 1. The summed E-state index contributed by atoms with van der Waals surface area (Å²) < 4.78 is 29.5. The zero-order chi connectivity index (χ0) is 18.9. The summed E-state index contributed by atoms with van der Waals surface area (Å²) >= 11 is 0. The molecule has 1 atom stereocenters. The molecule has 1 aromatic carbocycles. The molecule has 0 saturated heterocycles. The van der Waals surface area contributed by atoms with Gasteiger partial charge in [-0.2, -0.15) is 5.26 Å². The molecule has 0 aliphatic rings. The monoisotopic (exact) mass is 367 g/mol. The molecule has 138 valence electrons. The normalized spacial score (nSPS) is 12.4. The number of nitriles is 1. The van der Waals surface area contributed by atoms with Gasteiger partial charge in [0.15, 0.2) is 9.84 Å². The van der Waals surface area contributed by atoms with Crippen LogP contribution in [-0.2, 0) is 14.6 Å². The predicted octanol–water partition coefficient (Wildman–Crippen LogP) is 2.56. The highest BCUT2D eigenvalue weighted by atomic mass is 32.2. The van der Waals surface area contributed by atoms with Crippen molar-refractivity contribution in [1.29, 1.82) is 5.26 Å². The summed E-state index contributed by atoms with van der Waals surface area (Å²) in [7, 11) is -3.67. The second-order valence-electron chi connectivity index (χ2n) is 6.04. The smallest absolute Gasteiger partial charge is 0.319 e. The third-order valence-corrected chi connectivity index (χ3v) is 5.26. The number of ether oxygens (including phenoxy) is 1. The summed E-state index contributed by atoms with van der Waals surface area (Å²) in [6.45, 7) is 7.25. The van der Waals surface area contributed by atoms with Crippen LogP contribution in [0.2, 0.25) is 0 Å². The zero-order valence-electron chi connectivity index (χ0n) is 14.8. The maximum Gasteiger partial charge on any atom is 0.319 e. The fourth-order valence-electron chi connectivity index (χ4n) is 1.87. The molecule has 2 N–H and O–H groups in total. The lowest BCUT2D eigenvalue weighted by atomic mass is 10.2. The second-order valence-corrected chi connectivity index (χ2v) is 8.31. The number of hydrogen-bond acceptors (Lipinski definition) is 5. The Labute approximate surface area is 149 Å². The molecule has 0 aliphatic carbocycles. The highest BCUT2D eigenvalue weighted by molar-refractivity contribution is 7.92. The van der Waals surface area contributed by atoms with Crippen LogP contribution in [0.1, 0.15) is 27.2 Å². The minimum Gasteiger partial charge on any atom is -0.381 e. The van der Waals surface area contributed by atoms with Gasteiger partial charge in [0, 0.05) is 25.4 Å². The van der Waals surface area contributed by atoms with Crippen molar-refractivity contribution < 1.29 is 17.9 Å². The first-order valence-electron chi connectivity index (χ1n) is 8.13. The van der Waals surface area contributed by atoms with E-state index < -0.39 is 15.1 Å². The van der Waals surface area contributed by atoms with Crippen molar-refractivity contribution in [3.63, 3.8) is 0 Å². The van der Waals surface area contributed by atoms with Crippen LogP contribution in [-0.4, -0.2) is 39.5 Å². The molecule has 7 nitrogen and oxygen atoms in total. The molecule has 2 amide bonds. The molecular formula is C17H25N3O4S. The third-order valence-electron chi connectivity index (χ3n) is 3.29. The molecule has 0 unspecified atom stereocenters. The lowest BCUT2D eigenvalue weighted by Gasteiger charge is -2.10. The molecular weight excluding hydrogens is 342 g/mol. The number of amides is 2. The van der Waals surface area contributed by atoms with Gasteiger partial charge in [-0.15, -0.1) is 0 Å². The third kappa shape index (κ3) is 7.11. The molecule has 0 spiro atoms. The average molecular weight is 367 g/mol. The molecule has 0 heterocycles. The Kier molecular flexibility index (Phi) is 8.38. The summed E-state index contributed by atoms with van der Waals surface area (Å²) in [6.07, 6.45) is 0.712. The highest BCUT2D eigenvalue weighted by Crippen LogP contribution is 2.18. The van der Waals surface area contributed by atoms with E-state index in [9.17, 15) is 13.2 Å². The highest BCUT2D eigenvalue weighted by Gasteiger charge is 2.22. The van der Waals surface area contributed by atoms with Crippen LogP contribution in [0, 0.1) is 17.2 Å². The first-order valence-corrected chi connectivity index (χ1v) is 9.68. The van der Waals surface area contributed by atoms with Gasteiger partial charge in [0.05, 0.1) is 11.0 Å². The Morgan fingerprint density at radius 1 is 1.24 bits per heavy atom. The lowest BCUT2D eigenvalue weighted by Crippen LogP contribution is -2.30. The van der Waals surface area contributed by atoms with E-state index in [1.54, 1.807) is 6.07 Å². The van der Waals surface area contributed by atoms with Crippen molar-refractivity contribution >= 4 is 21.6 Å². The maximum atomic E-state index is 12.0. The van der Waals surface area contributed by atoms with Gasteiger partial charge in [0.2, 0.25) is 0 Å². The summed E-state index contributed by atoms with van der Waals surface area (Å²) in [5.41, 5.74) is 0.470. The van der Waals surface area contributed by atoms with Gasteiger partial charge in [-0.25, -0.2) is 13.2 Å². The topological polar surface area (TPSA) is 108 Å². The molecule has 0 fully saturated rings. The number of anilines is 1. The van der Waals surface area contributed by atoms with Crippen molar-refractivity contribution in [3.8, 4) is 6.07 Å². The largest absolute Gasteiger partial charge is 0.381 e. The van der Waals surface area contributed by atoms with E-state index in [-0.39, 0.29) is 10.9 Å². The molecule has 8 heteroatoms. The van der Waals surface area contributed by atoms with Gasteiger partial charge < -0.3 is 15.4 Å². The van der Waals surface area contributed by atoms with E-state index in [0.29, 0.717) is 37.8 Å². The number of benzene rings is 1. The summed E-state index contributed by atoms with van der Waals surface area (Å²) in [5, 5.41) is 13.0. The van der Waals surface area contributed by atoms with Crippen LogP contribution in [0.5, 0.6) is 0 Å². The minimum absolute atomic E-state index is 0.0507. The number of hydrogen-bond donors (Lipinski definition) is 2. The fraction of sp³-hybridized carbons (Fsp3) is 0.529. The second kappa shape index (κ2) is 10.0. The van der Waals surface area contributed by atoms with Crippen LogP contribution in [0.25, 0.3) is 0 Å². The number of nitrogens with zero attached hydrogens (tertiary/aromatic N) is 1. The molecule has 0 aliphatic heterocycles. The van der Waals surface area contributed by atoms with Crippen LogP contribution in [0.15, 0.2) is 29.2 Å². The first kappa shape index (κ1) is 20.9. The van der Waals surface area contributed by atoms with Crippen LogP contribution >= 0.6 is 0 Å². The first-order chi connectivity index (χ1) is 11.8. The van der Waals surface area contributed by atoms with Crippen molar-refractivity contribution in [1.82, 2.24) is 5.32 Å². The number of rotatable bonds is 9. The average Bonchev–Trinajstić information content (AvgIpc) is 2.57. The quantitative estimate of drug-likeness (QED) is 0.652. The van der Waals surface area contributed by atoms with Crippen LogP contribution in [0.4, 0.5) is 10.5 Å². The van der Waals surface area contributed by atoms with Gasteiger partial charge in [0.25, 0.3) is 0 Å². The van der Waals surface area contributed by atoms with E-state index >= 15 is 0 Å². The van der Waals surface area contributed by atoms with E-state index in [1.165, 1.54) is 31.2 Å². The Morgan fingerprint density at radius 3 is 2.44 bits per heavy atom. The van der Waals surface area contributed by atoms with Crippen molar-refractivity contribution in [2.75, 3.05) is 25.1 Å². The van der Waals surface area contributed by atoms with Crippen LogP contribution < -0.4 is 10.6 Å². The molecule has 0 radical (unpaired) electrons. The van der Waals surface area contributed by atoms with Gasteiger partial charge in [-0.3, -0.25) is 0 Å². The van der Waals surface area contributed by atoms with Crippen molar-refractivity contribution in [3.05, 3.63) is 24.3 Å². The van der Waals surface area contributed by atoms with E-state index in [1.807, 2.05) is 0 Å². The standard InChI is InChI=1S/C17H25N3O4S/c1-13(2)12-24-10-4-9-19-17(21)20-15-5-7-16(8-6-15)25(22,23)14(3)11-18/h5-8,13-14H,4,9-10,12H2,1-3H3,(H2,19,20,21)/t14-/m1/s1. The van der Waals surface area contributed by atoms with Crippen molar-refractivity contribution in [2.45, 2.75) is 37.3 Å². The SMILES string of the molecule is CC(C)COCCCNC(=O)Nc1ccc(S(=O)(=O)[C@H](C)C#N)cc1. The molecule has 0 bridgehead atoms. The van der Waals surface area contributed by atoms with E-state index in [2.05, 4.69) is 24.5 Å². The lowest BCUT2D eigenvalue weighted by molar-refractivity contribution is 0.108. The summed E-state index contributed by atoms with van der Waals surface area (Å²) in [6, 6.07) is 7.07. The Balaban J connectivity index is 2.43. The number of sulfone groups is 1. The van der Waals surface area contributed by atoms with Crippen LogP contribution in [0.3, 0.4) is 0 Å². The number of nitrogens with one attached hydrogen (secondary N) is 2. The summed E-state index contributed by atoms with van der Waals surface area (Å²) in [5.74, 6) is 0.485. The number of carbonyl (C=O) groups is 1. The Morgan fingerprint density at radius 2 is 1.88 bits per heavy atom. The molecule has 1 aromatic rings. The zero-order valence-corrected chi connectivity index (χ0v) is 15.6. The molecule has 0 saturated carbocycles. The molecule has 1 rings (SSSR count). The van der Waals surface area contributed by atoms with Gasteiger partial charge in [-0.1, -0.05) is 13.8 Å². The molecule has 25 heavy (non-hydrogen) atoms. The Hall–Kier alpha value is -2.11. The van der Waals surface area contributed by atoms with Gasteiger partial charge in [-0.05, 0) is 43.5 Å². The Bertz CT molecular complexity index is 694. The van der Waals surface area contributed by atoms with E-state index in [4.69, 9.17) is 10.00 Å². The number of carbonyl (C=O) groups excluding carboxylic acids is 1. The van der Waals surface area contributed by atoms with Crippen molar-refractivity contribution in [2.24, 2.45) is 5.92 Å². The minimum atomic E-state index is -3.67. The van der Waals surface area contributed by atoms with E-state index in [0.717, 1.165) is 0 Å². The van der Waals surface area contributed by atoms with Gasteiger partial charge >= 0.3 is 6.03 Å². The predicted molar refractivity (Wildman–Crippen MR) is 96.0 cm³/mol. The van der Waals surface area contributed by atoms with Gasteiger partial charge in [0.1, 0.15) is 5.25 Å². The fourth-order valence-corrected chi connectivity index (χ4v) is 2.93. The maximum absolute atomic E-state index is 12.0.